The summed E-state index contributed by atoms with van der Waals surface area (Å²) in [5.41, 5.74) is 0.969. The number of rotatable bonds is 5. The molecule has 114 valence electrons. The van der Waals surface area contributed by atoms with E-state index < -0.39 is 0 Å². The molecule has 0 N–H and O–H groups in total. The maximum atomic E-state index is 12.1. The molecule has 0 aliphatic carbocycles. The number of carbonyl (C=O) groups is 2. The van der Waals surface area contributed by atoms with Crippen LogP contribution in [0.15, 0.2) is 30.3 Å². The van der Waals surface area contributed by atoms with Gasteiger partial charge in [-0.15, -0.1) is 0 Å². The molecule has 1 aliphatic heterocycles. The average molecular weight is 291 g/mol. The second-order valence-corrected chi connectivity index (χ2v) is 5.14. The molecule has 1 amide bonds. The first kappa shape index (κ1) is 15.4. The monoisotopic (exact) mass is 291 g/mol. The number of carbonyl (C=O) groups excluding carboxylic acids is 2. The minimum absolute atomic E-state index is 0.0763. The van der Waals surface area contributed by atoms with Crippen molar-refractivity contribution < 1.29 is 19.1 Å². The summed E-state index contributed by atoms with van der Waals surface area (Å²) in [4.78, 5) is 25.1. The number of nitrogens with zero attached hydrogens (tertiary/aromatic N) is 1. The van der Waals surface area contributed by atoms with Crippen LogP contribution in [-0.4, -0.2) is 36.7 Å². The average Bonchev–Trinajstić information content (AvgIpc) is 2.99. The summed E-state index contributed by atoms with van der Waals surface area (Å²) < 4.78 is 9.98. The lowest BCUT2D eigenvalue weighted by atomic mass is 10.1. The topological polar surface area (TPSA) is 55.8 Å². The third-order valence-electron chi connectivity index (χ3n) is 3.73. The van der Waals surface area contributed by atoms with Crippen molar-refractivity contribution in [2.75, 3.05) is 13.7 Å². The van der Waals surface area contributed by atoms with Crippen molar-refractivity contribution in [3.05, 3.63) is 35.9 Å². The normalized spacial score (nSPS) is 17.6. The molecular weight excluding hydrogens is 270 g/mol. The summed E-state index contributed by atoms with van der Waals surface area (Å²) in [5, 5.41) is 0. The van der Waals surface area contributed by atoms with Crippen molar-refractivity contribution in [3.8, 4) is 0 Å². The fourth-order valence-electron chi connectivity index (χ4n) is 2.56. The summed E-state index contributed by atoms with van der Waals surface area (Å²) in [7, 11) is 1.38. The molecule has 1 aliphatic rings. The number of methoxy groups -OCH3 is 1. The number of esters is 1. The highest BCUT2D eigenvalue weighted by Crippen LogP contribution is 2.22. The van der Waals surface area contributed by atoms with Gasteiger partial charge in [0.05, 0.1) is 7.11 Å². The molecule has 1 atom stereocenters. The highest BCUT2D eigenvalue weighted by atomic mass is 16.6. The van der Waals surface area contributed by atoms with Crippen LogP contribution in [-0.2, 0) is 20.9 Å². The Hall–Kier alpha value is -2.04. The molecular formula is C16H21NO4. The first-order valence-electron chi connectivity index (χ1n) is 7.25. The summed E-state index contributed by atoms with van der Waals surface area (Å²) in [6, 6.07) is 9.68. The van der Waals surface area contributed by atoms with Gasteiger partial charge < -0.3 is 14.4 Å². The molecule has 1 aromatic rings. The zero-order valence-electron chi connectivity index (χ0n) is 12.3. The molecule has 1 saturated heterocycles. The predicted octanol–water partition coefficient (Wildman–Crippen LogP) is 2.74. The standard InChI is InChI=1S/C16H21NO4/c1-20-15(18)10-9-14-8-5-11-17(14)16(19)21-12-13-6-3-2-4-7-13/h2-4,6-7,14H,5,8-12H2,1H3/t14-/m0/s1. The molecule has 0 aromatic heterocycles. The van der Waals surface area contributed by atoms with E-state index >= 15 is 0 Å². The van der Waals surface area contributed by atoms with Crippen molar-refractivity contribution in [1.29, 1.82) is 0 Å². The van der Waals surface area contributed by atoms with Crippen LogP contribution in [0.25, 0.3) is 0 Å². The van der Waals surface area contributed by atoms with Crippen LogP contribution in [0.1, 0.15) is 31.2 Å². The maximum Gasteiger partial charge on any atom is 0.410 e. The number of benzene rings is 1. The lowest BCUT2D eigenvalue weighted by Crippen LogP contribution is -2.36. The van der Waals surface area contributed by atoms with E-state index in [0.29, 0.717) is 19.4 Å². The van der Waals surface area contributed by atoms with Gasteiger partial charge >= 0.3 is 12.1 Å². The molecule has 1 fully saturated rings. The lowest BCUT2D eigenvalue weighted by Gasteiger charge is -2.23. The van der Waals surface area contributed by atoms with Crippen molar-refractivity contribution in [2.24, 2.45) is 0 Å². The van der Waals surface area contributed by atoms with Crippen LogP contribution in [0, 0.1) is 0 Å². The van der Waals surface area contributed by atoms with Gasteiger partial charge in [0.1, 0.15) is 6.61 Å². The minimum Gasteiger partial charge on any atom is -0.469 e. The fraction of sp³-hybridized carbons (Fsp3) is 0.500. The fourth-order valence-corrected chi connectivity index (χ4v) is 2.56. The smallest absolute Gasteiger partial charge is 0.410 e. The Morgan fingerprint density at radius 3 is 2.76 bits per heavy atom. The van der Waals surface area contributed by atoms with E-state index in [0.717, 1.165) is 18.4 Å². The van der Waals surface area contributed by atoms with Crippen molar-refractivity contribution in [3.63, 3.8) is 0 Å². The number of hydrogen-bond donors (Lipinski definition) is 0. The Labute approximate surface area is 124 Å². The maximum absolute atomic E-state index is 12.1. The van der Waals surface area contributed by atoms with E-state index in [1.165, 1.54) is 7.11 Å². The van der Waals surface area contributed by atoms with Gasteiger partial charge in [-0.25, -0.2) is 4.79 Å². The van der Waals surface area contributed by atoms with Gasteiger partial charge in [-0.1, -0.05) is 30.3 Å². The SMILES string of the molecule is COC(=O)CC[C@@H]1CCCN1C(=O)OCc1ccccc1. The molecule has 5 heteroatoms. The van der Waals surface area contributed by atoms with E-state index in [9.17, 15) is 9.59 Å². The number of ether oxygens (including phenoxy) is 2. The largest absolute Gasteiger partial charge is 0.469 e. The van der Waals surface area contributed by atoms with Gasteiger partial charge in [0.15, 0.2) is 0 Å². The van der Waals surface area contributed by atoms with Gasteiger partial charge in [0.2, 0.25) is 0 Å². The molecule has 1 aromatic carbocycles. The van der Waals surface area contributed by atoms with Crippen molar-refractivity contribution in [1.82, 2.24) is 4.90 Å². The van der Waals surface area contributed by atoms with Gasteiger partial charge in [-0.3, -0.25) is 4.79 Å². The highest BCUT2D eigenvalue weighted by Gasteiger charge is 2.30. The summed E-state index contributed by atoms with van der Waals surface area (Å²) in [6.07, 6.45) is 2.53. The Morgan fingerprint density at radius 1 is 1.29 bits per heavy atom. The molecule has 0 radical (unpaired) electrons. The number of likely N-dealkylation sites (tertiary alicyclic amines) is 1. The summed E-state index contributed by atoms with van der Waals surface area (Å²) >= 11 is 0. The Morgan fingerprint density at radius 2 is 2.05 bits per heavy atom. The zero-order chi connectivity index (χ0) is 15.1. The van der Waals surface area contributed by atoms with Crippen LogP contribution < -0.4 is 0 Å². The third kappa shape index (κ3) is 4.48. The Bertz CT molecular complexity index is 474. The first-order chi connectivity index (χ1) is 10.2. The number of hydrogen-bond acceptors (Lipinski definition) is 4. The van der Waals surface area contributed by atoms with E-state index in [1.807, 2.05) is 30.3 Å². The zero-order valence-corrected chi connectivity index (χ0v) is 12.3. The molecule has 0 spiro atoms. The van der Waals surface area contributed by atoms with Gasteiger partial charge in [-0.05, 0) is 24.8 Å². The van der Waals surface area contributed by atoms with Crippen molar-refractivity contribution in [2.45, 2.75) is 38.3 Å². The third-order valence-corrected chi connectivity index (χ3v) is 3.73. The van der Waals surface area contributed by atoms with E-state index in [4.69, 9.17) is 4.74 Å². The molecule has 5 nitrogen and oxygen atoms in total. The molecule has 0 unspecified atom stereocenters. The van der Waals surface area contributed by atoms with Crippen LogP contribution in [0.2, 0.25) is 0 Å². The first-order valence-corrected chi connectivity index (χ1v) is 7.25. The van der Waals surface area contributed by atoms with Gasteiger partial charge in [0, 0.05) is 19.0 Å². The second kappa shape index (κ2) is 7.67. The van der Waals surface area contributed by atoms with E-state index in [-0.39, 0.29) is 24.7 Å². The molecule has 21 heavy (non-hydrogen) atoms. The van der Waals surface area contributed by atoms with E-state index in [2.05, 4.69) is 4.74 Å². The van der Waals surface area contributed by atoms with Crippen LogP contribution >= 0.6 is 0 Å². The highest BCUT2D eigenvalue weighted by molar-refractivity contribution is 5.70. The Kier molecular flexibility index (Phi) is 5.60. The van der Waals surface area contributed by atoms with E-state index in [1.54, 1.807) is 4.90 Å². The number of amides is 1. The molecule has 2 rings (SSSR count). The van der Waals surface area contributed by atoms with Crippen LogP contribution in [0.4, 0.5) is 4.79 Å². The van der Waals surface area contributed by atoms with Crippen LogP contribution in [0.3, 0.4) is 0 Å². The Balaban J connectivity index is 1.81. The van der Waals surface area contributed by atoms with Crippen molar-refractivity contribution >= 4 is 12.1 Å². The summed E-state index contributed by atoms with van der Waals surface area (Å²) in [5.74, 6) is -0.237. The minimum atomic E-state index is -0.300. The molecule has 0 bridgehead atoms. The quantitative estimate of drug-likeness (QED) is 0.783. The van der Waals surface area contributed by atoms with Gasteiger partial charge in [-0.2, -0.15) is 0 Å². The lowest BCUT2D eigenvalue weighted by molar-refractivity contribution is -0.140. The second-order valence-electron chi connectivity index (χ2n) is 5.14. The molecule has 0 saturated carbocycles. The van der Waals surface area contributed by atoms with Gasteiger partial charge in [0.25, 0.3) is 0 Å². The molecule has 1 heterocycles. The van der Waals surface area contributed by atoms with Crippen LogP contribution in [0.5, 0.6) is 0 Å². The summed E-state index contributed by atoms with van der Waals surface area (Å²) in [6.45, 7) is 0.972. The predicted molar refractivity (Wildman–Crippen MR) is 77.6 cm³/mol.